The smallest absolute Gasteiger partial charge is 0.255 e. The van der Waals surface area contributed by atoms with Gasteiger partial charge in [-0.1, -0.05) is 6.07 Å². The zero-order chi connectivity index (χ0) is 22.3. The van der Waals surface area contributed by atoms with Gasteiger partial charge in [-0.05, 0) is 55.7 Å². The maximum Gasteiger partial charge on any atom is 0.255 e. The fourth-order valence-corrected chi connectivity index (χ4v) is 3.86. The molecule has 7 nitrogen and oxygen atoms in total. The van der Waals surface area contributed by atoms with Crippen molar-refractivity contribution in [3.05, 3.63) is 71.7 Å². The van der Waals surface area contributed by atoms with Crippen LogP contribution in [0.5, 0.6) is 0 Å². The predicted octanol–water partition coefficient (Wildman–Crippen LogP) is 2.24. The third-order valence-corrected chi connectivity index (χ3v) is 5.82. The number of carbonyl (C=O) groups excluding carboxylic acids is 2. The minimum absolute atomic E-state index is 0.130. The summed E-state index contributed by atoms with van der Waals surface area (Å²) in [5.41, 5.74) is 8.78. The standard InChI is InChI=1S/C25H29N5O2/c26-16-19(23-5-4-6-24(29-23)27-20-9-10-20)15-21(17-31)28-25(32)18-7-11-22(12-8-18)30-13-2-1-3-14-30/h4-8,11-12,15-17,20H,1-3,9-10,13-14,26H2,(H,27,29)(H,28,32)/p+1. The molecule has 2 aromatic rings. The van der Waals surface area contributed by atoms with Crippen molar-refractivity contribution in [2.45, 2.75) is 38.1 Å². The Kier molecular flexibility index (Phi) is 6.97. The molecule has 1 saturated carbocycles. The van der Waals surface area contributed by atoms with Gasteiger partial charge in [0, 0.05) is 55.0 Å². The van der Waals surface area contributed by atoms with E-state index < -0.39 is 0 Å². The Morgan fingerprint density at radius 3 is 2.50 bits per heavy atom. The molecular weight excluding hydrogens is 402 g/mol. The molecule has 0 spiro atoms. The van der Waals surface area contributed by atoms with Crippen molar-refractivity contribution in [3.63, 3.8) is 0 Å². The van der Waals surface area contributed by atoms with Crippen LogP contribution < -0.4 is 21.3 Å². The molecule has 1 aliphatic heterocycles. The average Bonchev–Trinajstić information content (AvgIpc) is 3.66. The van der Waals surface area contributed by atoms with Crippen LogP contribution in [0.1, 0.15) is 48.2 Å². The third-order valence-electron chi connectivity index (χ3n) is 5.82. The van der Waals surface area contributed by atoms with E-state index in [1.807, 2.05) is 30.3 Å². The molecule has 1 aliphatic carbocycles. The number of benzene rings is 1. The van der Waals surface area contributed by atoms with Gasteiger partial charge in [0.2, 0.25) is 5.82 Å². The van der Waals surface area contributed by atoms with E-state index in [1.54, 1.807) is 18.2 Å². The Labute approximate surface area is 188 Å². The number of nitrogens with zero attached hydrogens (tertiary/aromatic N) is 2. The van der Waals surface area contributed by atoms with Gasteiger partial charge in [-0.25, -0.2) is 0 Å². The summed E-state index contributed by atoms with van der Waals surface area (Å²) in [7, 11) is 0. The molecule has 0 radical (unpaired) electrons. The monoisotopic (exact) mass is 432 g/mol. The topological polar surface area (TPSA) is 105 Å². The fourth-order valence-electron chi connectivity index (χ4n) is 3.86. The van der Waals surface area contributed by atoms with Crippen LogP contribution in [-0.4, -0.2) is 36.3 Å². The highest BCUT2D eigenvalue weighted by Gasteiger charge is 2.26. The fraction of sp³-hybridized carbons (Fsp3) is 0.320. The van der Waals surface area contributed by atoms with Gasteiger partial charge in [0.05, 0.1) is 17.4 Å². The molecule has 2 heterocycles. The van der Waals surface area contributed by atoms with Gasteiger partial charge in [0.25, 0.3) is 5.91 Å². The van der Waals surface area contributed by atoms with Gasteiger partial charge in [0.15, 0.2) is 6.29 Å². The first-order chi connectivity index (χ1) is 15.7. The van der Waals surface area contributed by atoms with E-state index in [-0.39, 0.29) is 11.6 Å². The lowest BCUT2D eigenvalue weighted by Crippen LogP contribution is -2.80. The Morgan fingerprint density at radius 1 is 1.09 bits per heavy atom. The van der Waals surface area contributed by atoms with E-state index in [9.17, 15) is 9.59 Å². The van der Waals surface area contributed by atoms with E-state index in [4.69, 9.17) is 5.73 Å². The first-order valence-corrected chi connectivity index (χ1v) is 11.2. The lowest BCUT2D eigenvalue weighted by atomic mass is 10.1. The van der Waals surface area contributed by atoms with Crippen LogP contribution in [0.25, 0.3) is 5.57 Å². The number of allylic oxidation sites excluding steroid dienone is 3. The van der Waals surface area contributed by atoms with Crippen LogP contribution in [0.15, 0.2) is 60.4 Å². The molecule has 4 rings (SSSR count). The molecule has 2 aliphatic rings. The average molecular weight is 433 g/mol. The Balaban J connectivity index is 1.44. The Morgan fingerprint density at radius 2 is 1.84 bits per heavy atom. The first kappa shape index (κ1) is 21.8. The number of aldehydes is 1. The maximum absolute atomic E-state index is 12.7. The predicted molar refractivity (Wildman–Crippen MR) is 125 cm³/mol. The van der Waals surface area contributed by atoms with E-state index in [1.165, 1.54) is 38.3 Å². The summed E-state index contributed by atoms with van der Waals surface area (Å²) in [5, 5.41) is 4.83. The molecule has 32 heavy (non-hydrogen) atoms. The van der Waals surface area contributed by atoms with Gasteiger partial charge in [0.1, 0.15) is 0 Å². The van der Waals surface area contributed by atoms with E-state index in [2.05, 4.69) is 20.5 Å². The largest absolute Gasteiger partial charge is 0.404 e. The number of pyridine rings is 1. The minimum atomic E-state index is -0.339. The summed E-state index contributed by atoms with van der Waals surface area (Å²) in [6, 6.07) is 13.8. The summed E-state index contributed by atoms with van der Waals surface area (Å²) in [4.78, 5) is 31.3. The van der Waals surface area contributed by atoms with Crippen molar-refractivity contribution in [1.82, 2.24) is 10.3 Å². The number of nitrogens with one attached hydrogen (secondary N) is 1. The second-order valence-electron chi connectivity index (χ2n) is 8.34. The second-order valence-corrected chi connectivity index (χ2v) is 8.34. The highest BCUT2D eigenvalue weighted by Crippen LogP contribution is 2.21. The summed E-state index contributed by atoms with van der Waals surface area (Å²) in [6.07, 6.45) is 9.63. The van der Waals surface area contributed by atoms with Gasteiger partial charge in [-0.3, -0.25) is 14.9 Å². The molecule has 1 aromatic heterocycles. The van der Waals surface area contributed by atoms with E-state index >= 15 is 0 Å². The van der Waals surface area contributed by atoms with Crippen molar-refractivity contribution in [2.75, 3.05) is 18.0 Å². The van der Waals surface area contributed by atoms with Crippen molar-refractivity contribution in [1.29, 1.82) is 0 Å². The molecule has 1 aromatic carbocycles. The maximum atomic E-state index is 12.7. The lowest BCUT2D eigenvalue weighted by Gasteiger charge is -2.28. The zero-order valence-electron chi connectivity index (χ0n) is 18.2. The van der Waals surface area contributed by atoms with Crippen molar-refractivity contribution >= 4 is 29.3 Å². The minimum Gasteiger partial charge on any atom is -0.404 e. The molecule has 0 bridgehead atoms. The summed E-state index contributed by atoms with van der Waals surface area (Å²) in [5.74, 6) is 0.553. The van der Waals surface area contributed by atoms with Gasteiger partial charge in [-0.15, -0.1) is 0 Å². The Hall–Kier alpha value is -3.45. The molecule has 7 heteroatoms. The van der Waals surface area contributed by atoms with Crippen molar-refractivity contribution in [3.8, 4) is 0 Å². The SMILES string of the molecule is NC=C(C=C(C=O)NC(=O)c1ccc(N2CCCCC2)cc1)c1cccc([NH2+]C2CC2)n1. The number of anilines is 1. The van der Waals surface area contributed by atoms with E-state index in [0.29, 0.717) is 29.2 Å². The highest BCUT2D eigenvalue weighted by atomic mass is 16.2. The van der Waals surface area contributed by atoms with Crippen LogP contribution in [0, 0.1) is 0 Å². The highest BCUT2D eigenvalue weighted by molar-refractivity contribution is 5.99. The van der Waals surface area contributed by atoms with E-state index in [0.717, 1.165) is 24.6 Å². The normalized spacial score (nSPS) is 17.2. The lowest BCUT2D eigenvalue weighted by molar-refractivity contribution is -0.589. The molecule has 1 saturated heterocycles. The molecule has 1 amide bonds. The molecule has 5 N–H and O–H groups in total. The number of nitrogens with two attached hydrogens (primary N) is 2. The van der Waals surface area contributed by atoms with Crippen molar-refractivity contribution < 1.29 is 14.9 Å². The summed E-state index contributed by atoms with van der Waals surface area (Å²) in [6.45, 7) is 2.09. The second kappa shape index (κ2) is 10.2. The quantitative estimate of drug-likeness (QED) is 0.337. The van der Waals surface area contributed by atoms with Crippen LogP contribution in [-0.2, 0) is 4.79 Å². The zero-order valence-corrected chi connectivity index (χ0v) is 18.2. The van der Waals surface area contributed by atoms with Crippen LogP contribution >= 0.6 is 0 Å². The number of piperidine rings is 1. The number of carbonyl (C=O) groups is 2. The summed E-state index contributed by atoms with van der Waals surface area (Å²) < 4.78 is 0. The van der Waals surface area contributed by atoms with Crippen LogP contribution in [0.2, 0.25) is 0 Å². The van der Waals surface area contributed by atoms with Gasteiger partial charge >= 0.3 is 0 Å². The van der Waals surface area contributed by atoms with Crippen LogP contribution in [0.3, 0.4) is 0 Å². The molecule has 0 atom stereocenters. The number of rotatable bonds is 8. The molecular formula is C25H30N5O2+. The molecule has 0 unspecified atom stereocenters. The third kappa shape index (κ3) is 5.62. The number of hydrogen-bond acceptors (Lipinski definition) is 5. The Bertz CT molecular complexity index is 1020. The first-order valence-electron chi connectivity index (χ1n) is 11.2. The van der Waals surface area contributed by atoms with Gasteiger partial charge < -0.3 is 16.0 Å². The number of aromatic nitrogens is 1. The van der Waals surface area contributed by atoms with Crippen LogP contribution in [0.4, 0.5) is 11.5 Å². The number of hydrogen-bond donors (Lipinski definition) is 3. The molecule has 166 valence electrons. The number of quaternary nitrogens is 1. The number of amides is 1. The van der Waals surface area contributed by atoms with Crippen molar-refractivity contribution in [2.24, 2.45) is 5.73 Å². The van der Waals surface area contributed by atoms with Gasteiger partial charge in [-0.2, -0.15) is 4.98 Å². The molecule has 2 fully saturated rings. The summed E-state index contributed by atoms with van der Waals surface area (Å²) >= 11 is 0.